The number of aliphatic hydroxyl groups excluding tert-OH is 1. The fourth-order valence-corrected chi connectivity index (χ4v) is 7.20. The molecular weight excluding hydrogens is 534 g/mol. The Labute approximate surface area is 237 Å². The van der Waals surface area contributed by atoms with Crippen molar-refractivity contribution in [1.82, 2.24) is 19.9 Å². The number of hydrogen-bond donors (Lipinski definition) is 3. The number of rotatable bonds is 6. The molecule has 0 amide bonds. The van der Waals surface area contributed by atoms with Crippen LogP contribution in [0.1, 0.15) is 49.7 Å². The zero-order valence-electron chi connectivity index (χ0n) is 22.2. The van der Waals surface area contributed by atoms with Crippen LogP contribution >= 0.6 is 23.4 Å². The van der Waals surface area contributed by atoms with E-state index in [1.807, 2.05) is 32.2 Å². The quantitative estimate of drug-likeness (QED) is 0.407. The van der Waals surface area contributed by atoms with Gasteiger partial charge in [0.25, 0.3) is 0 Å². The Balaban J connectivity index is 1.14. The second-order valence-electron chi connectivity index (χ2n) is 11.5. The van der Waals surface area contributed by atoms with E-state index in [9.17, 15) is 10.2 Å². The van der Waals surface area contributed by atoms with E-state index < -0.39 is 5.60 Å². The predicted octanol–water partition coefficient (Wildman–Crippen LogP) is 3.61. The number of nitrogens with zero attached hydrogens (tertiary/aromatic N) is 6. The maximum Gasteiger partial charge on any atom is 0.152 e. The fourth-order valence-electron chi connectivity index (χ4n) is 6.06. The van der Waals surface area contributed by atoms with Gasteiger partial charge in [-0.05, 0) is 56.2 Å². The van der Waals surface area contributed by atoms with E-state index in [4.69, 9.17) is 27.3 Å². The number of fused-ring (bicyclic) bond motifs is 1. The molecule has 2 aliphatic heterocycles. The van der Waals surface area contributed by atoms with Gasteiger partial charge in [-0.3, -0.25) is 4.98 Å². The van der Waals surface area contributed by atoms with E-state index in [0.29, 0.717) is 34.6 Å². The summed E-state index contributed by atoms with van der Waals surface area (Å²) in [5.41, 5.74) is 8.83. The van der Waals surface area contributed by atoms with Crippen molar-refractivity contribution in [2.24, 2.45) is 17.1 Å². The summed E-state index contributed by atoms with van der Waals surface area (Å²) in [6.07, 6.45) is 8.15. The third kappa shape index (κ3) is 4.86. The Morgan fingerprint density at radius 2 is 1.87 bits per heavy atom. The van der Waals surface area contributed by atoms with E-state index in [1.54, 1.807) is 12.4 Å². The average Bonchev–Trinajstić information content (AvgIpc) is 3.16. The lowest BCUT2D eigenvalue weighted by atomic mass is 9.73. The summed E-state index contributed by atoms with van der Waals surface area (Å²) in [6.45, 7) is 6.48. The smallest absolute Gasteiger partial charge is 0.152 e. The Morgan fingerprint density at radius 1 is 1.10 bits per heavy atom. The molecule has 11 heteroatoms. The second-order valence-corrected chi connectivity index (χ2v) is 12.9. The fraction of sp³-hybridized carbons (Fsp3) is 0.500. The van der Waals surface area contributed by atoms with Gasteiger partial charge in [0.1, 0.15) is 16.5 Å². The van der Waals surface area contributed by atoms with Crippen LogP contribution in [-0.2, 0) is 13.0 Å². The lowest BCUT2D eigenvalue weighted by Gasteiger charge is -2.46. The van der Waals surface area contributed by atoms with Crippen molar-refractivity contribution in [3.05, 3.63) is 58.8 Å². The molecule has 2 saturated heterocycles. The molecule has 1 atom stereocenters. The topological polar surface area (TPSA) is 125 Å². The highest BCUT2D eigenvalue weighted by molar-refractivity contribution is 7.99. The first-order valence-corrected chi connectivity index (χ1v) is 14.6. The number of hydrogen-bond acceptors (Lipinski definition) is 10. The third-order valence-electron chi connectivity index (χ3n) is 8.66. The van der Waals surface area contributed by atoms with Crippen molar-refractivity contribution < 1.29 is 10.2 Å². The minimum atomic E-state index is -0.729. The van der Waals surface area contributed by atoms with Gasteiger partial charge in [-0.25, -0.2) is 15.0 Å². The molecule has 2 fully saturated rings. The predicted molar refractivity (Wildman–Crippen MR) is 152 cm³/mol. The van der Waals surface area contributed by atoms with Crippen molar-refractivity contribution >= 4 is 35.0 Å². The van der Waals surface area contributed by atoms with Crippen molar-refractivity contribution in [2.75, 3.05) is 36.0 Å². The Morgan fingerprint density at radius 3 is 2.56 bits per heavy atom. The molecule has 206 valence electrons. The number of piperidine rings is 1. The maximum absolute atomic E-state index is 10.3. The molecule has 3 aromatic rings. The molecule has 1 aliphatic carbocycles. The Kier molecular flexibility index (Phi) is 6.96. The number of aliphatic hydroxyl groups is 2. The molecule has 4 N–H and O–H groups in total. The van der Waals surface area contributed by atoms with Gasteiger partial charge in [0.2, 0.25) is 0 Å². The minimum absolute atomic E-state index is 0.0228. The molecule has 3 aliphatic rings. The van der Waals surface area contributed by atoms with E-state index in [-0.39, 0.29) is 24.0 Å². The van der Waals surface area contributed by atoms with Crippen LogP contribution in [0.25, 0.3) is 0 Å². The van der Waals surface area contributed by atoms with Gasteiger partial charge in [0.15, 0.2) is 5.82 Å². The van der Waals surface area contributed by atoms with Gasteiger partial charge >= 0.3 is 0 Å². The maximum atomic E-state index is 10.3. The molecule has 0 unspecified atom stereocenters. The molecule has 0 radical (unpaired) electrons. The van der Waals surface area contributed by atoms with Gasteiger partial charge < -0.3 is 25.7 Å². The summed E-state index contributed by atoms with van der Waals surface area (Å²) in [7, 11) is 0. The van der Waals surface area contributed by atoms with Crippen molar-refractivity contribution in [2.45, 2.75) is 61.3 Å². The average molecular weight is 568 g/mol. The molecule has 6 rings (SSSR count). The van der Waals surface area contributed by atoms with Crippen LogP contribution in [0.4, 0.5) is 11.6 Å². The summed E-state index contributed by atoms with van der Waals surface area (Å²) >= 11 is 8.16. The molecule has 3 aromatic heterocycles. The summed E-state index contributed by atoms with van der Waals surface area (Å²) in [5, 5.41) is 21.6. The van der Waals surface area contributed by atoms with Gasteiger partial charge in [-0.1, -0.05) is 29.4 Å². The Hall–Kier alpha value is -2.50. The number of nitrogens with two attached hydrogens (primary N) is 1. The first-order chi connectivity index (χ1) is 18.7. The number of anilines is 2. The zero-order valence-corrected chi connectivity index (χ0v) is 23.8. The van der Waals surface area contributed by atoms with E-state index >= 15 is 0 Å². The summed E-state index contributed by atoms with van der Waals surface area (Å²) in [4.78, 5) is 23.6. The van der Waals surface area contributed by atoms with Crippen molar-refractivity contribution in [3.63, 3.8) is 0 Å². The van der Waals surface area contributed by atoms with Crippen LogP contribution in [0.15, 0.2) is 46.7 Å². The van der Waals surface area contributed by atoms with E-state index in [1.165, 1.54) is 17.3 Å². The highest BCUT2D eigenvalue weighted by Crippen LogP contribution is 2.50. The zero-order chi connectivity index (χ0) is 27.4. The molecule has 0 aromatic carbocycles. The minimum Gasteiger partial charge on any atom is -0.390 e. The van der Waals surface area contributed by atoms with Crippen LogP contribution in [0.5, 0.6) is 0 Å². The van der Waals surface area contributed by atoms with Crippen molar-refractivity contribution in [1.29, 1.82) is 0 Å². The standard InChI is InChI=1S/C28H34ClN7O2S/c1-27(2,38)18-14-36(15-18)26-22(29)20(5-9-32-26)39-21-13-33-25(19(16-37)34-21)35-10-6-28(7-11-35)12-17-4-3-8-31-23(17)24(28)30/h3-5,8-9,13,18,24,37-38H,6-7,10-12,14-16,30H2,1-2H3/t24-/m1/s1. The van der Waals surface area contributed by atoms with Crippen LogP contribution in [-0.4, -0.2) is 61.9 Å². The lowest BCUT2D eigenvalue weighted by Crippen LogP contribution is -2.56. The number of pyridine rings is 2. The SMILES string of the molecule is CC(C)(O)C1CN(c2nccc(Sc3cnc(N4CCC5(CC4)Cc4cccnc4[C@H]5N)c(CO)n3)c2Cl)C1. The molecule has 0 saturated carbocycles. The number of halogens is 1. The van der Waals surface area contributed by atoms with Crippen LogP contribution in [0.2, 0.25) is 5.02 Å². The highest BCUT2D eigenvalue weighted by Gasteiger charge is 2.47. The molecule has 1 spiro atoms. The summed E-state index contributed by atoms with van der Waals surface area (Å²) in [6, 6.07) is 5.94. The van der Waals surface area contributed by atoms with Gasteiger partial charge in [0, 0.05) is 49.4 Å². The molecule has 9 nitrogen and oxygen atoms in total. The molecular formula is C28H34ClN7O2S. The number of aromatic nitrogens is 4. The van der Waals surface area contributed by atoms with Crippen LogP contribution in [0.3, 0.4) is 0 Å². The van der Waals surface area contributed by atoms with E-state index in [2.05, 4.69) is 25.8 Å². The van der Waals surface area contributed by atoms with Crippen LogP contribution < -0.4 is 15.5 Å². The summed E-state index contributed by atoms with van der Waals surface area (Å²) < 4.78 is 0. The highest BCUT2D eigenvalue weighted by atomic mass is 35.5. The molecule has 5 heterocycles. The van der Waals surface area contributed by atoms with Gasteiger partial charge in [-0.15, -0.1) is 0 Å². The largest absolute Gasteiger partial charge is 0.390 e. The van der Waals surface area contributed by atoms with E-state index in [0.717, 1.165) is 48.8 Å². The monoisotopic (exact) mass is 567 g/mol. The van der Waals surface area contributed by atoms with Gasteiger partial charge in [0.05, 0.1) is 35.2 Å². The summed E-state index contributed by atoms with van der Waals surface area (Å²) in [5.74, 6) is 1.61. The third-order valence-corrected chi connectivity index (χ3v) is 10.1. The first-order valence-electron chi connectivity index (χ1n) is 13.4. The van der Waals surface area contributed by atoms with Gasteiger partial charge in [-0.2, -0.15) is 0 Å². The first kappa shape index (κ1) is 26.7. The molecule has 0 bridgehead atoms. The van der Waals surface area contributed by atoms with Crippen LogP contribution in [0, 0.1) is 11.3 Å². The Bertz CT molecular complexity index is 1370. The normalized spacial score (nSPS) is 20.8. The molecule has 39 heavy (non-hydrogen) atoms. The second kappa shape index (κ2) is 10.2. The lowest BCUT2D eigenvalue weighted by molar-refractivity contribution is 0.00438. The van der Waals surface area contributed by atoms with Crippen molar-refractivity contribution in [3.8, 4) is 0 Å².